The number of aliphatic carboxylic acids is 1. The molecule has 2 atom stereocenters. The Labute approximate surface area is 133 Å². The Kier molecular flexibility index (Phi) is 4.47. The molecule has 5 heteroatoms. The van der Waals surface area contributed by atoms with E-state index in [0.717, 1.165) is 16.6 Å². The average molecular weight is 361 g/mol. The molecule has 0 aliphatic carbocycles. The molecule has 1 aliphatic heterocycles. The number of hydrogen-bond donors (Lipinski definition) is 1. The van der Waals surface area contributed by atoms with Gasteiger partial charge in [-0.05, 0) is 48.3 Å². The van der Waals surface area contributed by atoms with Gasteiger partial charge in [0.2, 0.25) is 0 Å². The average Bonchev–Trinajstić information content (AvgIpc) is 2.77. The van der Waals surface area contributed by atoms with Gasteiger partial charge in [-0.2, -0.15) is 0 Å². The highest BCUT2D eigenvalue weighted by Gasteiger charge is 2.42. The lowest BCUT2D eigenvalue weighted by Crippen LogP contribution is -2.40. The molecule has 1 aromatic carbocycles. The third-order valence-corrected chi connectivity index (χ3v) is 5.28. The van der Waals surface area contributed by atoms with Crippen molar-refractivity contribution in [3.05, 3.63) is 33.3 Å². The first-order chi connectivity index (χ1) is 9.21. The fourth-order valence-electron chi connectivity index (χ4n) is 2.72. The van der Waals surface area contributed by atoms with Gasteiger partial charge >= 0.3 is 5.97 Å². The van der Waals surface area contributed by atoms with E-state index < -0.39 is 11.9 Å². The van der Waals surface area contributed by atoms with E-state index in [1.807, 2.05) is 18.2 Å². The number of benzene rings is 1. The van der Waals surface area contributed by atoms with E-state index in [1.54, 1.807) is 0 Å². The van der Waals surface area contributed by atoms with Crippen molar-refractivity contribution < 1.29 is 9.90 Å². The van der Waals surface area contributed by atoms with Gasteiger partial charge in [0, 0.05) is 29.0 Å². The predicted octanol–water partition coefficient (Wildman–Crippen LogP) is 4.00. The van der Waals surface area contributed by atoms with E-state index in [1.165, 1.54) is 0 Å². The van der Waals surface area contributed by atoms with Crippen LogP contribution in [0, 0.1) is 5.92 Å². The summed E-state index contributed by atoms with van der Waals surface area (Å²) in [7, 11) is 0. The molecular formula is C15H19BrClNO2. The van der Waals surface area contributed by atoms with Crippen molar-refractivity contribution in [2.45, 2.75) is 32.2 Å². The van der Waals surface area contributed by atoms with E-state index in [9.17, 15) is 9.90 Å². The number of carbonyl (C=O) groups is 1. The second-order valence-electron chi connectivity index (χ2n) is 6.27. The van der Waals surface area contributed by atoms with E-state index in [2.05, 4.69) is 41.6 Å². The monoisotopic (exact) mass is 359 g/mol. The standard InChI is InChI=1S/C15H19BrClNO2/c1-15(2,3)18-7-10(11(8-18)14(19)20)9-5-4-6-12(16)13(9)17/h4-6,10-11H,7-8H2,1-3H3,(H,19,20)/t10-,11+/m1/s1. The Balaban J connectivity index is 2.38. The van der Waals surface area contributed by atoms with E-state index in [-0.39, 0.29) is 11.5 Å². The van der Waals surface area contributed by atoms with Gasteiger partial charge in [-0.25, -0.2) is 0 Å². The van der Waals surface area contributed by atoms with Crippen LogP contribution in [0.1, 0.15) is 32.3 Å². The van der Waals surface area contributed by atoms with Crippen LogP contribution >= 0.6 is 27.5 Å². The summed E-state index contributed by atoms with van der Waals surface area (Å²) in [5, 5.41) is 10.1. The van der Waals surface area contributed by atoms with E-state index in [0.29, 0.717) is 11.6 Å². The van der Waals surface area contributed by atoms with Crippen LogP contribution in [0.3, 0.4) is 0 Å². The lowest BCUT2D eigenvalue weighted by molar-refractivity contribution is -0.141. The van der Waals surface area contributed by atoms with Gasteiger partial charge in [0.25, 0.3) is 0 Å². The summed E-state index contributed by atoms with van der Waals surface area (Å²) in [5.74, 6) is -1.24. The van der Waals surface area contributed by atoms with Crippen molar-refractivity contribution in [1.82, 2.24) is 4.90 Å². The summed E-state index contributed by atoms with van der Waals surface area (Å²) in [6, 6.07) is 5.71. The topological polar surface area (TPSA) is 40.5 Å². The molecule has 1 aromatic rings. The molecule has 1 fully saturated rings. The first-order valence-electron chi connectivity index (χ1n) is 6.63. The largest absolute Gasteiger partial charge is 0.481 e. The zero-order valence-corrected chi connectivity index (χ0v) is 14.2. The van der Waals surface area contributed by atoms with Gasteiger partial charge < -0.3 is 5.11 Å². The van der Waals surface area contributed by atoms with Crippen molar-refractivity contribution in [3.63, 3.8) is 0 Å². The van der Waals surface area contributed by atoms with Gasteiger partial charge in [0.05, 0.1) is 10.9 Å². The Hall–Kier alpha value is -0.580. The maximum Gasteiger partial charge on any atom is 0.308 e. The van der Waals surface area contributed by atoms with Crippen LogP contribution in [0.2, 0.25) is 5.02 Å². The van der Waals surface area contributed by atoms with Gasteiger partial charge in [-0.15, -0.1) is 0 Å². The summed E-state index contributed by atoms with van der Waals surface area (Å²) < 4.78 is 0.815. The third kappa shape index (κ3) is 3.02. The lowest BCUT2D eigenvalue weighted by Gasteiger charge is -2.31. The van der Waals surface area contributed by atoms with Gasteiger partial charge in [-0.1, -0.05) is 23.7 Å². The fourth-order valence-corrected chi connectivity index (χ4v) is 3.37. The fraction of sp³-hybridized carbons (Fsp3) is 0.533. The normalized spacial score (nSPS) is 24.1. The van der Waals surface area contributed by atoms with Crippen LogP contribution < -0.4 is 0 Å². The van der Waals surface area contributed by atoms with Crippen LogP contribution in [-0.4, -0.2) is 34.6 Å². The molecule has 2 rings (SSSR count). The van der Waals surface area contributed by atoms with Crippen LogP contribution in [0.5, 0.6) is 0 Å². The summed E-state index contributed by atoms with van der Waals surface area (Å²) >= 11 is 9.76. The first-order valence-corrected chi connectivity index (χ1v) is 7.80. The molecule has 3 nitrogen and oxygen atoms in total. The second kappa shape index (κ2) is 5.66. The highest BCUT2D eigenvalue weighted by atomic mass is 79.9. The maximum absolute atomic E-state index is 11.6. The van der Waals surface area contributed by atoms with Crippen LogP contribution in [0.4, 0.5) is 0 Å². The molecule has 0 unspecified atom stereocenters. The minimum atomic E-state index is -0.752. The number of hydrogen-bond acceptors (Lipinski definition) is 2. The molecule has 1 heterocycles. The number of carboxylic acids is 1. The first kappa shape index (κ1) is 15.8. The number of likely N-dealkylation sites (tertiary alicyclic amines) is 1. The molecule has 0 bridgehead atoms. The smallest absolute Gasteiger partial charge is 0.308 e. The van der Waals surface area contributed by atoms with E-state index in [4.69, 9.17) is 11.6 Å². The molecule has 1 N–H and O–H groups in total. The number of carboxylic acid groups (broad SMARTS) is 1. The molecule has 0 radical (unpaired) electrons. The molecule has 20 heavy (non-hydrogen) atoms. The van der Waals surface area contributed by atoms with E-state index >= 15 is 0 Å². The number of rotatable bonds is 2. The van der Waals surface area contributed by atoms with Crippen molar-refractivity contribution in [3.8, 4) is 0 Å². The summed E-state index contributed by atoms with van der Waals surface area (Å²) in [6.07, 6.45) is 0. The molecule has 0 spiro atoms. The summed E-state index contributed by atoms with van der Waals surface area (Å²) in [5.41, 5.74) is 0.876. The number of halogens is 2. The van der Waals surface area contributed by atoms with Gasteiger partial charge in [0.1, 0.15) is 0 Å². The van der Waals surface area contributed by atoms with Crippen LogP contribution in [0.15, 0.2) is 22.7 Å². The molecule has 0 saturated carbocycles. The van der Waals surface area contributed by atoms with Crippen molar-refractivity contribution in [2.75, 3.05) is 13.1 Å². The molecule has 0 amide bonds. The van der Waals surface area contributed by atoms with Crippen molar-refractivity contribution >= 4 is 33.5 Å². The predicted molar refractivity (Wildman–Crippen MR) is 84.3 cm³/mol. The highest BCUT2D eigenvalue weighted by Crippen LogP contribution is 2.40. The zero-order valence-electron chi connectivity index (χ0n) is 11.9. The van der Waals surface area contributed by atoms with Crippen LogP contribution in [-0.2, 0) is 4.79 Å². The minimum Gasteiger partial charge on any atom is -0.481 e. The van der Waals surface area contributed by atoms with Crippen molar-refractivity contribution in [2.24, 2.45) is 5.92 Å². The summed E-state index contributed by atoms with van der Waals surface area (Å²) in [4.78, 5) is 13.8. The van der Waals surface area contributed by atoms with Gasteiger partial charge in [-0.3, -0.25) is 9.69 Å². The second-order valence-corrected chi connectivity index (χ2v) is 7.50. The third-order valence-electron chi connectivity index (χ3n) is 3.97. The maximum atomic E-state index is 11.6. The zero-order chi connectivity index (χ0) is 15.1. The highest BCUT2D eigenvalue weighted by molar-refractivity contribution is 9.10. The lowest BCUT2D eigenvalue weighted by atomic mass is 9.89. The Bertz CT molecular complexity index is 527. The Morgan fingerprint density at radius 2 is 2.05 bits per heavy atom. The Morgan fingerprint density at radius 1 is 1.40 bits per heavy atom. The molecule has 110 valence electrons. The number of nitrogens with zero attached hydrogens (tertiary/aromatic N) is 1. The molecule has 1 saturated heterocycles. The van der Waals surface area contributed by atoms with Gasteiger partial charge in [0.15, 0.2) is 0 Å². The summed E-state index contributed by atoms with van der Waals surface area (Å²) in [6.45, 7) is 7.60. The van der Waals surface area contributed by atoms with Crippen LogP contribution in [0.25, 0.3) is 0 Å². The minimum absolute atomic E-state index is 0.0407. The SMILES string of the molecule is CC(C)(C)N1C[C@H](C(=O)O)[C@@H](c2cccc(Br)c2Cl)C1. The molecular weight excluding hydrogens is 342 g/mol. The molecule has 0 aromatic heterocycles. The molecule has 1 aliphatic rings. The quantitative estimate of drug-likeness (QED) is 0.866. The van der Waals surface area contributed by atoms with Crippen molar-refractivity contribution in [1.29, 1.82) is 0 Å². The Morgan fingerprint density at radius 3 is 2.60 bits per heavy atom.